The number of hydrogen-bond donors (Lipinski definition) is 2. The second-order valence-corrected chi connectivity index (χ2v) is 5.77. The molecule has 5 heteroatoms. The van der Waals surface area contributed by atoms with Crippen molar-refractivity contribution in [2.75, 3.05) is 6.61 Å². The maximum absolute atomic E-state index is 6.24. The van der Waals surface area contributed by atoms with Crippen molar-refractivity contribution in [2.24, 2.45) is 5.84 Å². The summed E-state index contributed by atoms with van der Waals surface area (Å²) in [5.41, 5.74) is 4.94. The third-order valence-corrected chi connectivity index (χ3v) is 3.74. The molecule has 0 heterocycles. The van der Waals surface area contributed by atoms with Gasteiger partial charge in [-0.05, 0) is 48.7 Å². The standard InChI is InChI=1S/C16H18Cl2N2O/c1-11-5-6-12(16(18)7-11)8-14(20-19)10-21-15-4-2-3-13(17)9-15/h2-7,9,14,20H,8,10,19H2,1H3. The van der Waals surface area contributed by atoms with E-state index in [4.69, 9.17) is 33.8 Å². The first kappa shape index (κ1) is 16.1. The molecule has 0 saturated heterocycles. The monoisotopic (exact) mass is 324 g/mol. The van der Waals surface area contributed by atoms with Crippen molar-refractivity contribution in [3.05, 3.63) is 63.6 Å². The highest BCUT2D eigenvalue weighted by molar-refractivity contribution is 6.31. The maximum atomic E-state index is 6.24. The second-order valence-electron chi connectivity index (χ2n) is 4.93. The molecule has 0 spiro atoms. The van der Waals surface area contributed by atoms with Crippen LogP contribution in [0.2, 0.25) is 10.0 Å². The van der Waals surface area contributed by atoms with Crippen LogP contribution in [0.3, 0.4) is 0 Å². The lowest BCUT2D eigenvalue weighted by molar-refractivity contribution is 0.264. The highest BCUT2D eigenvalue weighted by atomic mass is 35.5. The molecule has 0 saturated carbocycles. The summed E-state index contributed by atoms with van der Waals surface area (Å²) in [6.07, 6.45) is 0.691. The number of rotatable bonds is 6. The fraction of sp³-hybridized carbons (Fsp3) is 0.250. The van der Waals surface area contributed by atoms with Crippen LogP contribution >= 0.6 is 23.2 Å². The number of halogens is 2. The Kier molecular flexibility index (Phi) is 5.88. The van der Waals surface area contributed by atoms with E-state index in [0.29, 0.717) is 18.1 Å². The quantitative estimate of drug-likeness (QED) is 0.628. The molecule has 3 N–H and O–H groups in total. The van der Waals surface area contributed by atoms with Gasteiger partial charge in [-0.2, -0.15) is 0 Å². The molecular formula is C16H18Cl2N2O. The van der Waals surface area contributed by atoms with Gasteiger partial charge in [-0.25, -0.2) is 0 Å². The third kappa shape index (κ3) is 4.90. The van der Waals surface area contributed by atoms with Crippen LogP contribution in [0.4, 0.5) is 0 Å². The molecule has 0 aliphatic heterocycles. The van der Waals surface area contributed by atoms with Gasteiger partial charge in [-0.3, -0.25) is 11.3 Å². The van der Waals surface area contributed by atoms with Gasteiger partial charge in [-0.1, -0.05) is 41.4 Å². The Bertz CT molecular complexity index is 605. The Balaban J connectivity index is 1.97. The zero-order valence-corrected chi connectivity index (χ0v) is 13.3. The van der Waals surface area contributed by atoms with Crippen molar-refractivity contribution in [1.82, 2.24) is 5.43 Å². The number of nitrogens with one attached hydrogen (secondary N) is 1. The van der Waals surface area contributed by atoms with E-state index in [-0.39, 0.29) is 6.04 Å². The highest BCUT2D eigenvalue weighted by Crippen LogP contribution is 2.20. The van der Waals surface area contributed by atoms with Crippen molar-refractivity contribution in [1.29, 1.82) is 0 Å². The van der Waals surface area contributed by atoms with Crippen LogP contribution in [-0.4, -0.2) is 12.6 Å². The molecule has 2 aromatic rings. The molecule has 0 aliphatic rings. The topological polar surface area (TPSA) is 47.3 Å². The predicted molar refractivity (Wildman–Crippen MR) is 88.0 cm³/mol. The predicted octanol–water partition coefficient (Wildman–Crippen LogP) is 3.76. The zero-order valence-electron chi connectivity index (χ0n) is 11.8. The molecule has 0 bridgehead atoms. The Morgan fingerprint density at radius 3 is 2.67 bits per heavy atom. The molecule has 1 atom stereocenters. The van der Waals surface area contributed by atoms with E-state index in [1.807, 2.05) is 37.3 Å². The molecule has 2 rings (SSSR count). The largest absolute Gasteiger partial charge is 0.492 e. The molecule has 0 aliphatic carbocycles. The van der Waals surface area contributed by atoms with E-state index >= 15 is 0 Å². The summed E-state index contributed by atoms with van der Waals surface area (Å²) in [7, 11) is 0. The van der Waals surface area contributed by atoms with Gasteiger partial charge in [0.15, 0.2) is 0 Å². The van der Waals surface area contributed by atoms with Gasteiger partial charge in [0.25, 0.3) is 0 Å². The number of nitrogens with two attached hydrogens (primary N) is 1. The Hall–Kier alpha value is -1.26. The number of benzene rings is 2. The van der Waals surface area contributed by atoms with Gasteiger partial charge in [0.2, 0.25) is 0 Å². The van der Waals surface area contributed by atoms with Gasteiger partial charge in [0.1, 0.15) is 12.4 Å². The SMILES string of the molecule is Cc1ccc(CC(COc2cccc(Cl)c2)NN)c(Cl)c1. The van der Waals surface area contributed by atoms with Gasteiger partial charge >= 0.3 is 0 Å². The first-order valence-electron chi connectivity index (χ1n) is 6.68. The van der Waals surface area contributed by atoms with Crippen LogP contribution in [0.5, 0.6) is 5.75 Å². The lowest BCUT2D eigenvalue weighted by atomic mass is 10.1. The van der Waals surface area contributed by atoms with E-state index in [9.17, 15) is 0 Å². The van der Waals surface area contributed by atoms with Crippen molar-refractivity contribution in [3.8, 4) is 5.75 Å². The van der Waals surface area contributed by atoms with Gasteiger partial charge < -0.3 is 4.74 Å². The van der Waals surface area contributed by atoms with Crippen molar-refractivity contribution >= 4 is 23.2 Å². The van der Waals surface area contributed by atoms with Crippen molar-refractivity contribution in [2.45, 2.75) is 19.4 Å². The van der Waals surface area contributed by atoms with Crippen LogP contribution in [0, 0.1) is 6.92 Å². The Labute approximate surface area is 135 Å². The first-order chi connectivity index (χ1) is 10.1. The van der Waals surface area contributed by atoms with Gasteiger partial charge in [0, 0.05) is 10.0 Å². The minimum atomic E-state index is -0.0378. The first-order valence-corrected chi connectivity index (χ1v) is 7.43. The lowest BCUT2D eigenvalue weighted by Crippen LogP contribution is -2.41. The Morgan fingerprint density at radius 2 is 2.00 bits per heavy atom. The molecule has 0 fully saturated rings. The average Bonchev–Trinajstić information content (AvgIpc) is 2.45. The van der Waals surface area contributed by atoms with Crippen LogP contribution in [0.1, 0.15) is 11.1 Å². The smallest absolute Gasteiger partial charge is 0.120 e. The molecular weight excluding hydrogens is 307 g/mol. The fourth-order valence-corrected chi connectivity index (χ4v) is 2.50. The molecule has 1 unspecified atom stereocenters. The summed E-state index contributed by atoms with van der Waals surface area (Å²) < 4.78 is 5.71. The number of hydrogen-bond acceptors (Lipinski definition) is 3. The third-order valence-electron chi connectivity index (χ3n) is 3.16. The van der Waals surface area contributed by atoms with Gasteiger partial charge in [0.05, 0.1) is 6.04 Å². The zero-order chi connectivity index (χ0) is 15.2. The summed E-state index contributed by atoms with van der Waals surface area (Å²) in [5.74, 6) is 6.32. The minimum Gasteiger partial charge on any atom is -0.492 e. The van der Waals surface area contributed by atoms with E-state index in [1.54, 1.807) is 12.1 Å². The van der Waals surface area contributed by atoms with E-state index in [0.717, 1.165) is 21.9 Å². The van der Waals surface area contributed by atoms with Crippen LogP contribution in [0.25, 0.3) is 0 Å². The van der Waals surface area contributed by atoms with Crippen LogP contribution < -0.4 is 16.0 Å². The molecule has 0 radical (unpaired) electrons. The average molecular weight is 325 g/mol. The Morgan fingerprint density at radius 1 is 1.19 bits per heavy atom. The molecule has 2 aromatic carbocycles. The van der Waals surface area contributed by atoms with Crippen molar-refractivity contribution in [3.63, 3.8) is 0 Å². The second kappa shape index (κ2) is 7.66. The normalized spacial score (nSPS) is 12.2. The number of ether oxygens (including phenoxy) is 1. The van der Waals surface area contributed by atoms with Gasteiger partial charge in [-0.15, -0.1) is 0 Å². The van der Waals surface area contributed by atoms with E-state index in [2.05, 4.69) is 5.43 Å². The maximum Gasteiger partial charge on any atom is 0.120 e. The molecule has 3 nitrogen and oxygen atoms in total. The van der Waals surface area contributed by atoms with Crippen LogP contribution in [0.15, 0.2) is 42.5 Å². The highest BCUT2D eigenvalue weighted by Gasteiger charge is 2.11. The fourth-order valence-electron chi connectivity index (χ4n) is 2.00. The summed E-state index contributed by atoms with van der Waals surface area (Å²) in [5, 5.41) is 1.39. The van der Waals surface area contributed by atoms with E-state index < -0.39 is 0 Å². The number of hydrazine groups is 1. The molecule has 21 heavy (non-hydrogen) atoms. The summed E-state index contributed by atoms with van der Waals surface area (Å²) in [6, 6.07) is 13.2. The summed E-state index contributed by atoms with van der Waals surface area (Å²) >= 11 is 12.2. The minimum absolute atomic E-state index is 0.0378. The molecule has 0 amide bonds. The van der Waals surface area contributed by atoms with E-state index in [1.165, 1.54) is 0 Å². The van der Waals surface area contributed by atoms with Crippen LogP contribution in [-0.2, 0) is 6.42 Å². The lowest BCUT2D eigenvalue weighted by Gasteiger charge is -2.18. The number of aryl methyl sites for hydroxylation is 1. The molecule has 0 aromatic heterocycles. The van der Waals surface area contributed by atoms with Crippen molar-refractivity contribution < 1.29 is 4.74 Å². The summed E-state index contributed by atoms with van der Waals surface area (Å²) in [6.45, 7) is 2.44. The molecule has 112 valence electrons. The summed E-state index contributed by atoms with van der Waals surface area (Å²) in [4.78, 5) is 0.